The van der Waals surface area contributed by atoms with Crippen molar-refractivity contribution in [2.75, 3.05) is 20.3 Å². The van der Waals surface area contributed by atoms with Crippen molar-refractivity contribution in [2.45, 2.75) is 18.5 Å². The van der Waals surface area contributed by atoms with E-state index in [-0.39, 0.29) is 11.8 Å². The lowest BCUT2D eigenvalue weighted by Crippen LogP contribution is -2.48. The number of rotatable bonds is 7. The molecule has 0 saturated carbocycles. The first-order valence-electron chi connectivity index (χ1n) is 10.3. The standard InChI is InChI=1S/C25H25N3O3/c1-31-16-15-28-23(18-9-3-2-4-10-18)22(20-12-5-6-13-21(20)25(28)30)24(29)27-17-19-11-7-8-14-26-19/h2-14,22-23H,15-17H2,1H3,(H,27,29)/t22-,23-/m1/s1. The van der Waals surface area contributed by atoms with Crippen LogP contribution >= 0.6 is 0 Å². The summed E-state index contributed by atoms with van der Waals surface area (Å²) in [5, 5.41) is 3.03. The van der Waals surface area contributed by atoms with Gasteiger partial charge in [-0.05, 0) is 29.3 Å². The van der Waals surface area contributed by atoms with Crippen molar-refractivity contribution in [3.05, 3.63) is 101 Å². The van der Waals surface area contributed by atoms with E-state index in [1.807, 2.05) is 66.7 Å². The zero-order valence-corrected chi connectivity index (χ0v) is 17.4. The summed E-state index contributed by atoms with van der Waals surface area (Å²) in [5.41, 5.74) is 3.00. The van der Waals surface area contributed by atoms with Crippen molar-refractivity contribution in [3.63, 3.8) is 0 Å². The first-order chi connectivity index (χ1) is 15.2. The summed E-state index contributed by atoms with van der Waals surface area (Å²) >= 11 is 0. The van der Waals surface area contributed by atoms with Crippen LogP contribution in [0.4, 0.5) is 0 Å². The van der Waals surface area contributed by atoms with Crippen molar-refractivity contribution >= 4 is 11.8 Å². The van der Waals surface area contributed by atoms with Gasteiger partial charge in [-0.1, -0.05) is 54.6 Å². The largest absolute Gasteiger partial charge is 0.383 e. The first kappa shape index (κ1) is 20.8. The maximum atomic E-state index is 13.5. The van der Waals surface area contributed by atoms with Gasteiger partial charge >= 0.3 is 0 Å². The van der Waals surface area contributed by atoms with Crippen LogP contribution in [0, 0.1) is 0 Å². The molecule has 6 heteroatoms. The Bertz CT molecular complexity index is 1040. The van der Waals surface area contributed by atoms with Gasteiger partial charge in [0.15, 0.2) is 0 Å². The molecule has 4 rings (SSSR count). The molecule has 2 heterocycles. The van der Waals surface area contributed by atoms with Gasteiger partial charge in [-0.25, -0.2) is 0 Å². The number of carbonyl (C=O) groups excluding carboxylic acids is 2. The highest BCUT2D eigenvalue weighted by molar-refractivity contribution is 6.01. The number of hydrogen-bond donors (Lipinski definition) is 1. The van der Waals surface area contributed by atoms with E-state index in [0.29, 0.717) is 25.3 Å². The van der Waals surface area contributed by atoms with E-state index < -0.39 is 12.0 Å². The van der Waals surface area contributed by atoms with E-state index in [1.54, 1.807) is 24.3 Å². The number of ether oxygens (including phenoxy) is 1. The van der Waals surface area contributed by atoms with Gasteiger partial charge in [0.25, 0.3) is 5.91 Å². The second-order valence-corrected chi connectivity index (χ2v) is 7.45. The van der Waals surface area contributed by atoms with Gasteiger partial charge < -0.3 is 15.0 Å². The molecule has 0 spiro atoms. The molecular weight excluding hydrogens is 390 g/mol. The van der Waals surface area contributed by atoms with Crippen LogP contribution < -0.4 is 5.32 Å². The van der Waals surface area contributed by atoms with Gasteiger partial charge in [0.1, 0.15) is 0 Å². The number of nitrogens with one attached hydrogen (secondary N) is 1. The molecule has 1 aliphatic heterocycles. The molecule has 0 radical (unpaired) electrons. The maximum absolute atomic E-state index is 13.5. The smallest absolute Gasteiger partial charge is 0.254 e. The third kappa shape index (κ3) is 4.34. The summed E-state index contributed by atoms with van der Waals surface area (Å²) in [5.74, 6) is -0.769. The molecule has 0 unspecified atom stereocenters. The lowest BCUT2D eigenvalue weighted by atomic mass is 9.79. The van der Waals surface area contributed by atoms with Crippen LogP contribution in [-0.4, -0.2) is 42.0 Å². The quantitative estimate of drug-likeness (QED) is 0.643. The van der Waals surface area contributed by atoms with E-state index >= 15 is 0 Å². The van der Waals surface area contributed by atoms with Gasteiger partial charge in [-0.3, -0.25) is 14.6 Å². The summed E-state index contributed by atoms with van der Waals surface area (Å²) < 4.78 is 5.26. The van der Waals surface area contributed by atoms with Crippen molar-refractivity contribution in [2.24, 2.45) is 0 Å². The highest BCUT2D eigenvalue weighted by Gasteiger charge is 2.43. The Labute approximate surface area is 181 Å². The minimum Gasteiger partial charge on any atom is -0.383 e. The van der Waals surface area contributed by atoms with Crippen LogP contribution in [-0.2, 0) is 16.1 Å². The van der Waals surface area contributed by atoms with E-state index in [4.69, 9.17) is 4.74 Å². The molecule has 1 aromatic heterocycles. The second kappa shape index (κ2) is 9.53. The van der Waals surface area contributed by atoms with Crippen molar-refractivity contribution in [3.8, 4) is 0 Å². The van der Waals surface area contributed by atoms with Crippen LogP contribution in [0.15, 0.2) is 79.0 Å². The van der Waals surface area contributed by atoms with E-state index in [1.165, 1.54) is 0 Å². The topological polar surface area (TPSA) is 71.5 Å². The van der Waals surface area contributed by atoms with E-state index in [2.05, 4.69) is 10.3 Å². The Balaban J connectivity index is 1.74. The van der Waals surface area contributed by atoms with Crippen LogP contribution in [0.2, 0.25) is 0 Å². The van der Waals surface area contributed by atoms with Crippen molar-refractivity contribution in [1.29, 1.82) is 0 Å². The summed E-state index contributed by atoms with van der Waals surface area (Å²) in [6.45, 7) is 1.11. The molecular formula is C25H25N3O3. The minimum atomic E-state index is -0.545. The number of fused-ring (bicyclic) bond motifs is 1. The van der Waals surface area contributed by atoms with Crippen molar-refractivity contribution in [1.82, 2.24) is 15.2 Å². The summed E-state index contributed by atoms with van der Waals surface area (Å²) in [4.78, 5) is 33.0. The average molecular weight is 415 g/mol. The van der Waals surface area contributed by atoms with Gasteiger partial charge in [-0.2, -0.15) is 0 Å². The average Bonchev–Trinajstić information content (AvgIpc) is 2.83. The maximum Gasteiger partial charge on any atom is 0.254 e. The molecule has 0 fully saturated rings. The highest BCUT2D eigenvalue weighted by atomic mass is 16.5. The van der Waals surface area contributed by atoms with Gasteiger partial charge in [0, 0.05) is 25.4 Å². The van der Waals surface area contributed by atoms with E-state index in [9.17, 15) is 9.59 Å². The lowest BCUT2D eigenvalue weighted by Gasteiger charge is -2.41. The molecule has 0 bridgehead atoms. The monoisotopic (exact) mass is 415 g/mol. The molecule has 1 N–H and O–H groups in total. The number of benzene rings is 2. The Morgan fingerprint density at radius 1 is 1.03 bits per heavy atom. The summed E-state index contributed by atoms with van der Waals surface area (Å²) in [7, 11) is 1.61. The molecule has 2 aromatic carbocycles. The van der Waals surface area contributed by atoms with Gasteiger partial charge in [-0.15, -0.1) is 0 Å². The highest BCUT2D eigenvalue weighted by Crippen LogP contribution is 2.42. The number of hydrogen-bond acceptors (Lipinski definition) is 4. The van der Waals surface area contributed by atoms with Crippen LogP contribution in [0.3, 0.4) is 0 Å². The zero-order valence-electron chi connectivity index (χ0n) is 17.4. The Hall–Kier alpha value is -3.51. The van der Waals surface area contributed by atoms with E-state index in [0.717, 1.165) is 16.8 Å². The molecule has 0 saturated heterocycles. The SMILES string of the molecule is COCCN1C(=O)c2ccccc2[C@@H](C(=O)NCc2ccccn2)[C@H]1c1ccccc1. The Morgan fingerprint density at radius 2 is 1.77 bits per heavy atom. The van der Waals surface area contributed by atoms with Gasteiger partial charge in [0.05, 0.1) is 30.8 Å². The van der Waals surface area contributed by atoms with Crippen LogP contribution in [0.1, 0.15) is 39.1 Å². The molecule has 2 amide bonds. The predicted octanol–water partition coefficient (Wildman–Crippen LogP) is 3.33. The van der Waals surface area contributed by atoms with Crippen molar-refractivity contribution < 1.29 is 14.3 Å². The molecule has 31 heavy (non-hydrogen) atoms. The molecule has 1 aliphatic rings. The summed E-state index contributed by atoms with van der Waals surface area (Å²) in [6, 6.07) is 22.3. The molecule has 2 atom stereocenters. The Kier molecular flexibility index (Phi) is 6.38. The zero-order chi connectivity index (χ0) is 21.6. The number of aromatic nitrogens is 1. The summed E-state index contributed by atoms with van der Waals surface area (Å²) in [6.07, 6.45) is 1.70. The molecule has 3 aromatic rings. The number of amides is 2. The molecule has 6 nitrogen and oxygen atoms in total. The third-order valence-corrected chi connectivity index (χ3v) is 5.57. The molecule has 158 valence electrons. The lowest BCUT2D eigenvalue weighted by molar-refractivity contribution is -0.124. The third-order valence-electron chi connectivity index (χ3n) is 5.57. The predicted molar refractivity (Wildman–Crippen MR) is 117 cm³/mol. The fourth-order valence-corrected chi connectivity index (χ4v) is 4.12. The normalized spacial score (nSPS) is 17.8. The van der Waals surface area contributed by atoms with Crippen LogP contribution in [0.25, 0.3) is 0 Å². The number of pyridine rings is 1. The Morgan fingerprint density at radius 3 is 2.52 bits per heavy atom. The number of methoxy groups -OCH3 is 1. The number of nitrogens with zero attached hydrogens (tertiary/aromatic N) is 2. The second-order valence-electron chi connectivity index (χ2n) is 7.45. The van der Waals surface area contributed by atoms with Crippen LogP contribution in [0.5, 0.6) is 0 Å². The minimum absolute atomic E-state index is 0.0877. The molecule has 0 aliphatic carbocycles. The number of carbonyl (C=O) groups is 2. The fraction of sp³-hybridized carbons (Fsp3) is 0.240. The van der Waals surface area contributed by atoms with Gasteiger partial charge in [0.2, 0.25) is 5.91 Å². The first-order valence-corrected chi connectivity index (χ1v) is 10.3. The fourth-order valence-electron chi connectivity index (χ4n) is 4.12.